The third kappa shape index (κ3) is 3.32. The molecular formula is C18H24N2O2. The fourth-order valence-electron chi connectivity index (χ4n) is 3.45. The van der Waals surface area contributed by atoms with Gasteiger partial charge in [-0.25, -0.2) is 0 Å². The highest BCUT2D eigenvalue weighted by atomic mass is 16.2. The van der Waals surface area contributed by atoms with E-state index < -0.39 is 0 Å². The highest BCUT2D eigenvalue weighted by Gasteiger charge is 2.51. The number of likely N-dealkylation sites (tertiary alicyclic amines) is 1. The van der Waals surface area contributed by atoms with Gasteiger partial charge in [0.2, 0.25) is 11.8 Å². The summed E-state index contributed by atoms with van der Waals surface area (Å²) in [6.07, 6.45) is 4.61. The van der Waals surface area contributed by atoms with Crippen molar-refractivity contribution in [2.75, 3.05) is 13.1 Å². The molecule has 4 heteroatoms. The first-order valence-electron chi connectivity index (χ1n) is 8.19. The van der Waals surface area contributed by atoms with Crippen LogP contribution in [-0.4, -0.2) is 35.8 Å². The molecule has 3 rings (SSSR count). The minimum atomic E-state index is -0.151. The highest BCUT2D eigenvalue weighted by molar-refractivity contribution is 5.86. The van der Waals surface area contributed by atoms with Crippen molar-refractivity contribution in [2.24, 2.45) is 5.41 Å². The summed E-state index contributed by atoms with van der Waals surface area (Å²) in [6, 6.07) is 10.5. The van der Waals surface area contributed by atoms with Gasteiger partial charge in [0.1, 0.15) is 0 Å². The smallest absolute Gasteiger partial charge is 0.229 e. The van der Waals surface area contributed by atoms with Crippen LogP contribution in [0.5, 0.6) is 0 Å². The molecule has 2 fully saturated rings. The molecule has 0 bridgehead atoms. The first-order chi connectivity index (χ1) is 10.6. The maximum absolute atomic E-state index is 12.9. The van der Waals surface area contributed by atoms with Gasteiger partial charge < -0.3 is 10.2 Å². The second-order valence-electron chi connectivity index (χ2n) is 6.71. The van der Waals surface area contributed by atoms with Gasteiger partial charge in [0.25, 0.3) is 0 Å². The maximum Gasteiger partial charge on any atom is 0.229 e. The third-order valence-electron chi connectivity index (χ3n) is 4.88. The van der Waals surface area contributed by atoms with Crippen LogP contribution in [0.4, 0.5) is 0 Å². The molecule has 2 amide bonds. The van der Waals surface area contributed by atoms with Crippen molar-refractivity contribution in [1.29, 1.82) is 0 Å². The Hall–Kier alpha value is -1.84. The Morgan fingerprint density at radius 3 is 2.36 bits per heavy atom. The Labute approximate surface area is 131 Å². The van der Waals surface area contributed by atoms with Crippen LogP contribution in [0, 0.1) is 5.41 Å². The third-order valence-corrected chi connectivity index (χ3v) is 4.88. The molecule has 0 radical (unpaired) electrons. The number of carbonyl (C=O) groups is 2. The van der Waals surface area contributed by atoms with Crippen LogP contribution in [0.3, 0.4) is 0 Å². The van der Waals surface area contributed by atoms with Gasteiger partial charge in [-0.1, -0.05) is 30.3 Å². The van der Waals surface area contributed by atoms with E-state index in [1.807, 2.05) is 23.1 Å². The van der Waals surface area contributed by atoms with Gasteiger partial charge in [0, 0.05) is 26.1 Å². The summed E-state index contributed by atoms with van der Waals surface area (Å²) in [5, 5.41) is 2.96. The number of carbonyl (C=O) groups excluding carboxylic acids is 2. The zero-order chi connectivity index (χ0) is 15.6. The number of hydrogen-bond acceptors (Lipinski definition) is 2. The van der Waals surface area contributed by atoms with E-state index in [2.05, 4.69) is 17.4 Å². The summed E-state index contributed by atoms with van der Waals surface area (Å²) < 4.78 is 0. The standard InChI is InChI=1S/C18H24N2O2/c1-14(21)19-16-7-11-20(12-8-16)17(22)18(9-10-18)13-15-5-3-2-4-6-15/h2-6,16H,7-13H2,1H3,(H,19,21). The monoisotopic (exact) mass is 300 g/mol. The highest BCUT2D eigenvalue weighted by Crippen LogP contribution is 2.50. The van der Waals surface area contributed by atoms with Gasteiger partial charge >= 0.3 is 0 Å². The summed E-state index contributed by atoms with van der Waals surface area (Å²) in [4.78, 5) is 26.0. The maximum atomic E-state index is 12.9. The zero-order valence-corrected chi connectivity index (χ0v) is 13.2. The number of rotatable bonds is 4. The molecule has 1 N–H and O–H groups in total. The summed E-state index contributed by atoms with van der Waals surface area (Å²) in [6.45, 7) is 3.08. The predicted molar refractivity (Wildman–Crippen MR) is 85.2 cm³/mol. The van der Waals surface area contributed by atoms with Crippen molar-refractivity contribution >= 4 is 11.8 Å². The van der Waals surface area contributed by atoms with Crippen molar-refractivity contribution in [3.8, 4) is 0 Å². The molecule has 0 spiro atoms. The first-order valence-corrected chi connectivity index (χ1v) is 8.19. The molecule has 1 aliphatic carbocycles. The van der Waals surface area contributed by atoms with E-state index in [0.717, 1.165) is 45.2 Å². The largest absolute Gasteiger partial charge is 0.353 e. The van der Waals surface area contributed by atoms with Crippen LogP contribution in [0.2, 0.25) is 0 Å². The first kappa shape index (κ1) is 15.1. The minimum Gasteiger partial charge on any atom is -0.353 e. The summed E-state index contributed by atoms with van der Waals surface area (Å²) >= 11 is 0. The lowest BCUT2D eigenvalue weighted by molar-refractivity contribution is -0.138. The molecule has 4 nitrogen and oxygen atoms in total. The molecule has 1 aromatic rings. The quantitative estimate of drug-likeness (QED) is 0.926. The Morgan fingerprint density at radius 1 is 1.18 bits per heavy atom. The SMILES string of the molecule is CC(=O)NC1CCN(C(=O)C2(Cc3ccccc3)CC2)CC1. The van der Waals surface area contributed by atoms with Gasteiger partial charge in [-0.2, -0.15) is 0 Å². The lowest BCUT2D eigenvalue weighted by Crippen LogP contribution is -2.48. The Morgan fingerprint density at radius 2 is 1.82 bits per heavy atom. The summed E-state index contributed by atoms with van der Waals surface area (Å²) in [5.41, 5.74) is 1.10. The molecule has 0 aromatic heterocycles. The van der Waals surface area contributed by atoms with E-state index in [-0.39, 0.29) is 17.4 Å². The number of amides is 2. The average molecular weight is 300 g/mol. The Bertz CT molecular complexity index is 543. The van der Waals surface area contributed by atoms with Crippen LogP contribution in [0.1, 0.15) is 38.2 Å². The number of benzene rings is 1. The fraction of sp³-hybridized carbons (Fsp3) is 0.556. The van der Waals surface area contributed by atoms with E-state index in [9.17, 15) is 9.59 Å². The van der Waals surface area contributed by atoms with E-state index in [0.29, 0.717) is 5.91 Å². The fourth-order valence-corrected chi connectivity index (χ4v) is 3.45. The number of hydrogen-bond donors (Lipinski definition) is 1. The van der Waals surface area contributed by atoms with Crippen molar-refractivity contribution in [1.82, 2.24) is 10.2 Å². The Balaban J connectivity index is 1.57. The molecule has 0 atom stereocenters. The molecule has 22 heavy (non-hydrogen) atoms. The van der Waals surface area contributed by atoms with E-state index >= 15 is 0 Å². The molecule has 2 aliphatic rings. The molecule has 1 aromatic carbocycles. The van der Waals surface area contributed by atoms with Gasteiger partial charge in [-0.3, -0.25) is 9.59 Å². The number of piperidine rings is 1. The Kier molecular flexibility index (Phi) is 4.19. The molecule has 0 unspecified atom stereocenters. The molecule has 1 saturated heterocycles. The van der Waals surface area contributed by atoms with E-state index in [1.54, 1.807) is 6.92 Å². The summed E-state index contributed by atoms with van der Waals surface area (Å²) in [7, 11) is 0. The van der Waals surface area contributed by atoms with Crippen molar-refractivity contribution in [3.63, 3.8) is 0 Å². The normalized spacial score (nSPS) is 20.5. The van der Waals surface area contributed by atoms with Crippen molar-refractivity contribution < 1.29 is 9.59 Å². The van der Waals surface area contributed by atoms with Gasteiger partial charge in [-0.05, 0) is 37.7 Å². The van der Waals surface area contributed by atoms with E-state index in [1.165, 1.54) is 5.56 Å². The lowest BCUT2D eigenvalue weighted by Gasteiger charge is -2.34. The van der Waals surface area contributed by atoms with Crippen LogP contribution in [-0.2, 0) is 16.0 Å². The number of nitrogens with one attached hydrogen (secondary N) is 1. The van der Waals surface area contributed by atoms with Gasteiger partial charge in [0.15, 0.2) is 0 Å². The number of nitrogens with zero attached hydrogens (tertiary/aromatic N) is 1. The van der Waals surface area contributed by atoms with Gasteiger partial charge in [-0.15, -0.1) is 0 Å². The van der Waals surface area contributed by atoms with Crippen molar-refractivity contribution in [3.05, 3.63) is 35.9 Å². The molecule has 118 valence electrons. The predicted octanol–water partition coefficient (Wildman–Crippen LogP) is 2.14. The summed E-state index contributed by atoms with van der Waals surface area (Å²) in [5.74, 6) is 0.338. The van der Waals surface area contributed by atoms with Crippen LogP contribution in [0.15, 0.2) is 30.3 Å². The minimum absolute atomic E-state index is 0.0208. The van der Waals surface area contributed by atoms with Crippen molar-refractivity contribution in [2.45, 2.75) is 45.1 Å². The zero-order valence-electron chi connectivity index (χ0n) is 13.2. The second kappa shape index (κ2) is 6.11. The molecule has 1 aliphatic heterocycles. The van der Waals surface area contributed by atoms with Crippen LogP contribution >= 0.6 is 0 Å². The average Bonchev–Trinajstić information content (AvgIpc) is 3.28. The topological polar surface area (TPSA) is 49.4 Å². The molecule has 1 saturated carbocycles. The second-order valence-corrected chi connectivity index (χ2v) is 6.71. The van der Waals surface area contributed by atoms with Gasteiger partial charge in [0.05, 0.1) is 5.41 Å². The van der Waals surface area contributed by atoms with E-state index in [4.69, 9.17) is 0 Å². The van der Waals surface area contributed by atoms with Crippen LogP contribution in [0.25, 0.3) is 0 Å². The molecule has 1 heterocycles. The molecular weight excluding hydrogens is 276 g/mol. The lowest BCUT2D eigenvalue weighted by atomic mass is 9.93. The van der Waals surface area contributed by atoms with Crippen LogP contribution < -0.4 is 5.32 Å².